The molecule has 1 heterocycles. The Morgan fingerprint density at radius 2 is 1.76 bits per heavy atom. The first-order chi connectivity index (χ1) is 9.99. The van der Waals surface area contributed by atoms with Crippen LogP contribution in [0.5, 0.6) is 0 Å². The van der Waals surface area contributed by atoms with E-state index in [0.29, 0.717) is 6.54 Å². The summed E-state index contributed by atoms with van der Waals surface area (Å²) < 4.78 is 0. The van der Waals surface area contributed by atoms with Gasteiger partial charge in [0, 0.05) is 23.5 Å². The number of rotatable bonds is 6. The van der Waals surface area contributed by atoms with E-state index in [0.717, 1.165) is 29.9 Å². The van der Waals surface area contributed by atoms with E-state index < -0.39 is 0 Å². The molecule has 0 unspecified atom stereocenters. The Bertz CT molecular complexity index is 611. The largest absolute Gasteiger partial charge is 0.362 e. The van der Waals surface area contributed by atoms with Crippen LogP contribution in [0.1, 0.15) is 39.8 Å². The number of carbonyl (C=O) groups excluding carboxylic acids is 1. The van der Waals surface area contributed by atoms with Gasteiger partial charge in [0.05, 0.1) is 6.54 Å². The van der Waals surface area contributed by atoms with Gasteiger partial charge in [-0.3, -0.25) is 9.69 Å². The smallest absolute Gasteiger partial charge is 0.178 e. The van der Waals surface area contributed by atoms with Crippen LogP contribution in [0.3, 0.4) is 0 Å². The Kier molecular flexibility index (Phi) is 4.97. The lowest BCUT2D eigenvalue weighted by Crippen LogP contribution is -2.25. The maximum absolute atomic E-state index is 12.3. The zero-order valence-corrected chi connectivity index (χ0v) is 13.4. The molecule has 0 bridgehead atoms. The van der Waals surface area contributed by atoms with Gasteiger partial charge < -0.3 is 4.98 Å². The van der Waals surface area contributed by atoms with Crippen molar-refractivity contribution >= 4 is 5.78 Å². The molecular weight excluding hydrogens is 260 g/mol. The van der Waals surface area contributed by atoms with Gasteiger partial charge in [0.15, 0.2) is 5.78 Å². The van der Waals surface area contributed by atoms with Crippen LogP contribution < -0.4 is 0 Å². The van der Waals surface area contributed by atoms with Crippen LogP contribution >= 0.6 is 0 Å². The van der Waals surface area contributed by atoms with Crippen molar-refractivity contribution < 1.29 is 4.79 Å². The van der Waals surface area contributed by atoms with E-state index in [1.165, 1.54) is 11.1 Å². The summed E-state index contributed by atoms with van der Waals surface area (Å²) in [5.41, 5.74) is 5.38. The Morgan fingerprint density at radius 1 is 1.14 bits per heavy atom. The standard InChI is InChI=1S/C18H24N2O/c1-5-15-6-8-16(9-7-15)11-20(4)12-18(21)17-10-13(2)19-14(17)3/h6-10,19H,5,11-12H2,1-4H3. The van der Waals surface area contributed by atoms with Gasteiger partial charge in [-0.25, -0.2) is 0 Å². The molecule has 0 radical (unpaired) electrons. The van der Waals surface area contributed by atoms with Crippen molar-refractivity contribution in [1.29, 1.82) is 0 Å². The highest BCUT2D eigenvalue weighted by Gasteiger charge is 2.13. The number of likely N-dealkylation sites (N-methyl/N-ethyl adjacent to an activating group) is 1. The predicted octanol–water partition coefficient (Wildman–Crippen LogP) is 3.51. The quantitative estimate of drug-likeness (QED) is 0.824. The fraction of sp³-hybridized carbons (Fsp3) is 0.389. The average molecular weight is 284 g/mol. The summed E-state index contributed by atoms with van der Waals surface area (Å²) in [6, 6.07) is 10.5. The molecule has 3 heteroatoms. The Labute approximate surface area is 127 Å². The molecule has 1 N–H and O–H groups in total. The number of carbonyl (C=O) groups is 1. The number of nitrogens with one attached hydrogen (secondary N) is 1. The highest BCUT2D eigenvalue weighted by atomic mass is 16.1. The van der Waals surface area contributed by atoms with Crippen molar-refractivity contribution in [2.24, 2.45) is 0 Å². The van der Waals surface area contributed by atoms with E-state index in [2.05, 4.69) is 41.1 Å². The summed E-state index contributed by atoms with van der Waals surface area (Å²) in [6.45, 7) is 7.30. The second-order valence-electron chi connectivity index (χ2n) is 5.76. The fourth-order valence-corrected chi connectivity index (χ4v) is 2.59. The number of nitrogens with zero attached hydrogens (tertiary/aromatic N) is 1. The second kappa shape index (κ2) is 6.72. The monoisotopic (exact) mass is 284 g/mol. The van der Waals surface area contributed by atoms with Crippen molar-refractivity contribution in [2.45, 2.75) is 33.7 Å². The van der Waals surface area contributed by atoms with Crippen LogP contribution in [0.25, 0.3) is 0 Å². The zero-order valence-electron chi connectivity index (χ0n) is 13.4. The molecule has 2 aromatic rings. The van der Waals surface area contributed by atoms with Crippen LogP contribution in [0.15, 0.2) is 30.3 Å². The molecule has 0 aliphatic carbocycles. The lowest BCUT2D eigenvalue weighted by atomic mass is 10.1. The Morgan fingerprint density at radius 3 is 2.29 bits per heavy atom. The maximum atomic E-state index is 12.3. The summed E-state index contributed by atoms with van der Waals surface area (Å²) in [6.07, 6.45) is 1.06. The SMILES string of the molecule is CCc1ccc(CN(C)CC(=O)c2cc(C)[nH]c2C)cc1. The number of hydrogen-bond donors (Lipinski definition) is 1. The Hall–Kier alpha value is -1.87. The third-order valence-electron chi connectivity index (χ3n) is 3.75. The van der Waals surface area contributed by atoms with Crippen LogP contribution in [0.2, 0.25) is 0 Å². The summed E-state index contributed by atoms with van der Waals surface area (Å²) in [5.74, 6) is 0.171. The zero-order chi connectivity index (χ0) is 15.4. The fourth-order valence-electron chi connectivity index (χ4n) is 2.59. The van der Waals surface area contributed by atoms with Gasteiger partial charge >= 0.3 is 0 Å². The third-order valence-corrected chi connectivity index (χ3v) is 3.75. The van der Waals surface area contributed by atoms with E-state index in [9.17, 15) is 4.79 Å². The molecule has 0 saturated carbocycles. The van der Waals surface area contributed by atoms with Gasteiger partial charge in [0.25, 0.3) is 0 Å². The van der Waals surface area contributed by atoms with E-state index in [1.807, 2.05) is 27.0 Å². The number of hydrogen-bond acceptors (Lipinski definition) is 2. The molecule has 0 fully saturated rings. The topological polar surface area (TPSA) is 36.1 Å². The van der Waals surface area contributed by atoms with E-state index in [-0.39, 0.29) is 5.78 Å². The van der Waals surface area contributed by atoms with E-state index in [1.54, 1.807) is 0 Å². The number of aromatic nitrogens is 1. The minimum Gasteiger partial charge on any atom is -0.362 e. The number of H-pyrrole nitrogens is 1. The first-order valence-corrected chi connectivity index (χ1v) is 7.45. The lowest BCUT2D eigenvalue weighted by Gasteiger charge is -2.16. The highest BCUT2D eigenvalue weighted by molar-refractivity contribution is 5.98. The van der Waals surface area contributed by atoms with Gasteiger partial charge in [-0.05, 0) is 44.5 Å². The van der Waals surface area contributed by atoms with E-state index >= 15 is 0 Å². The normalized spacial score (nSPS) is 11.1. The molecular formula is C18H24N2O. The number of benzene rings is 1. The molecule has 21 heavy (non-hydrogen) atoms. The molecule has 0 atom stereocenters. The molecule has 1 aromatic heterocycles. The van der Waals surface area contributed by atoms with Crippen LogP contribution in [-0.4, -0.2) is 29.3 Å². The number of Topliss-reactive ketones (excluding diaryl/α,β-unsaturated/α-hetero) is 1. The van der Waals surface area contributed by atoms with Crippen molar-refractivity contribution in [2.75, 3.05) is 13.6 Å². The van der Waals surface area contributed by atoms with Gasteiger partial charge in [0.2, 0.25) is 0 Å². The predicted molar refractivity (Wildman–Crippen MR) is 86.8 cm³/mol. The minimum atomic E-state index is 0.171. The van der Waals surface area contributed by atoms with Crippen molar-refractivity contribution in [3.8, 4) is 0 Å². The summed E-state index contributed by atoms with van der Waals surface area (Å²) >= 11 is 0. The van der Waals surface area contributed by atoms with Gasteiger partial charge in [-0.1, -0.05) is 31.2 Å². The molecule has 0 spiro atoms. The third kappa shape index (κ3) is 4.05. The van der Waals surface area contributed by atoms with Gasteiger partial charge in [0.1, 0.15) is 0 Å². The number of aromatic amines is 1. The van der Waals surface area contributed by atoms with Crippen LogP contribution in [-0.2, 0) is 13.0 Å². The van der Waals surface area contributed by atoms with E-state index in [4.69, 9.17) is 0 Å². The van der Waals surface area contributed by atoms with Crippen molar-refractivity contribution in [3.63, 3.8) is 0 Å². The summed E-state index contributed by atoms with van der Waals surface area (Å²) in [5, 5.41) is 0. The molecule has 2 rings (SSSR count). The lowest BCUT2D eigenvalue weighted by molar-refractivity contribution is 0.0942. The highest BCUT2D eigenvalue weighted by Crippen LogP contribution is 2.12. The Balaban J connectivity index is 1.96. The summed E-state index contributed by atoms with van der Waals surface area (Å²) in [4.78, 5) is 17.6. The van der Waals surface area contributed by atoms with Gasteiger partial charge in [-0.15, -0.1) is 0 Å². The van der Waals surface area contributed by atoms with Crippen LogP contribution in [0, 0.1) is 13.8 Å². The van der Waals surface area contributed by atoms with Crippen molar-refractivity contribution in [1.82, 2.24) is 9.88 Å². The molecule has 0 aliphatic rings. The average Bonchev–Trinajstić information content (AvgIpc) is 2.78. The van der Waals surface area contributed by atoms with Crippen molar-refractivity contribution in [3.05, 3.63) is 58.4 Å². The van der Waals surface area contributed by atoms with Crippen LogP contribution in [0.4, 0.5) is 0 Å². The first-order valence-electron chi connectivity index (χ1n) is 7.45. The maximum Gasteiger partial charge on any atom is 0.178 e. The first kappa shape index (κ1) is 15.5. The molecule has 3 nitrogen and oxygen atoms in total. The molecule has 0 amide bonds. The molecule has 0 saturated heterocycles. The minimum absolute atomic E-state index is 0.171. The number of aryl methyl sites for hydroxylation is 3. The molecule has 1 aromatic carbocycles. The molecule has 112 valence electrons. The summed E-state index contributed by atoms with van der Waals surface area (Å²) in [7, 11) is 1.99. The van der Waals surface area contributed by atoms with Gasteiger partial charge in [-0.2, -0.15) is 0 Å². The number of ketones is 1. The second-order valence-corrected chi connectivity index (χ2v) is 5.76. The molecule has 0 aliphatic heterocycles.